The normalized spacial score (nSPS) is 10.8. The van der Waals surface area contributed by atoms with Gasteiger partial charge in [-0.15, -0.1) is 0 Å². The van der Waals surface area contributed by atoms with Gasteiger partial charge in [-0.1, -0.05) is 12.1 Å². The number of nitrogens with one attached hydrogen (secondary N) is 3. The maximum atomic E-state index is 12.7. The third kappa shape index (κ3) is 3.65. The van der Waals surface area contributed by atoms with Gasteiger partial charge in [-0.2, -0.15) is 0 Å². The first kappa shape index (κ1) is 18.2. The van der Waals surface area contributed by atoms with E-state index in [9.17, 15) is 14.4 Å². The molecule has 0 saturated heterocycles. The molecule has 4 rings (SSSR count). The number of anilines is 1. The number of amides is 2. The van der Waals surface area contributed by atoms with Crippen LogP contribution >= 0.6 is 0 Å². The summed E-state index contributed by atoms with van der Waals surface area (Å²) in [5.74, 6) is -0.320. The first-order chi connectivity index (χ1) is 14.0. The summed E-state index contributed by atoms with van der Waals surface area (Å²) in [6.45, 7) is 1.79. The van der Waals surface area contributed by atoms with Crippen molar-refractivity contribution < 1.29 is 18.4 Å². The average Bonchev–Trinajstić information content (AvgIpc) is 3.34. The minimum atomic E-state index is -0.454. The number of aromatic amines is 1. The van der Waals surface area contributed by atoms with Gasteiger partial charge in [0.25, 0.3) is 17.4 Å². The summed E-state index contributed by atoms with van der Waals surface area (Å²) < 4.78 is 10.5. The van der Waals surface area contributed by atoms with Crippen LogP contribution in [0, 0.1) is 6.92 Å². The summed E-state index contributed by atoms with van der Waals surface area (Å²) in [7, 11) is 0. The predicted molar refractivity (Wildman–Crippen MR) is 104 cm³/mol. The Morgan fingerprint density at radius 3 is 2.83 bits per heavy atom. The molecule has 0 aliphatic rings. The molecule has 3 aromatic heterocycles. The van der Waals surface area contributed by atoms with Crippen LogP contribution in [-0.4, -0.2) is 21.8 Å². The molecular formula is C20H16N4O5. The van der Waals surface area contributed by atoms with E-state index in [4.69, 9.17) is 8.83 Å². The zero-order chi connectivity index (χ0) is 20.4. The summed E-state index contributed by atoms with van der Waals surface area (Å²) in [5.41, 5.74) is 1.13. The van der Waals surface area contributed by atoms with Crippen LogP contribution in [0.15, 0.2) is 62.6 Å². The molecule has 0 aliphatic heterocycles. The summed E-state index contributed by atoms with van der Waals surface area (Å²) in [6.07, 6.45) is 2.64. The van der Waals surface area contributed by atoms with E-state index in [0.29, 0.717) is 11.4 Å². The van der Waals surface area contributed by atoms with Crippen LogP contribution in [0.25, 0.3) is 11.1 Å². The highest BCUT2D eigenvalue weighted by Gasteiger charge is 2.21. The van der Waals surface area contributed by atoms with Gasteiger partial charge in [-0.25, -0.2) is 4.98 Å². The number of aromatic nitrogens is 2. The van der Waals surface area contributed by atoms with Crippen molar-refractivity contribution >= 4 is 28.6 Å². The van der Waals surface area contributed by atoms with Gasteiger partial charge in [0.05, 0.1) is 18.2 Å². The number of benzene rings is 1. The zero-order valence-corrected chi connectivity index (χ0v) is 15.3. The van der Waals surface area contributed by atoms with E-state index in [2.05, 4.69) is 20.6 Å². The molecule has 2 amide bonds. The fraction of sp³-hybridized carbons (Fsp3) is 0.100. The highest BCUT2D eigenvalue weighted by molar-refractivity contribution is 6.06. The summed E-state index contributed by atoms with van der Waals surface area (Å²) in [6, 6.07) is 10.2. The van der Waals surface area contributed by atoms with Crippen LogP contribution in [-0.2, 0) is 6.54 Å². The molecule has 0 unspecified atom stereocenters. The Hall–Kier alpha value is -4.14. The van der Waals surface area contributed by atoms with Gasteiger partial charge in [0.1, 0.15) is 11.1 Å². The number of fused-ring (bicyclic) bond motifs is 1. The number of carbonyl (C=O) groups excluding carboxylic acids is 2. The number of aryl methyl sites for hydroxylation is 1. The molecule has 3 N–H and O–H groups in total. The monoisotopic (exact) mass is 392 g/mol. The number of hydrogen-bond donors (Lipinski definition) is 3. The van der Waals surface area contributed by atoms with Crippen molar-refractivity contribution in [1.29, 1.82) is 0 Å². The van der Waals surface area contributed by atoms with Crippen molar-refractivity contribution in [3.05, 3.63) is 82.0 Å². The molecule has 146 valence electrons. The highest BCUT2D eigenvalue weighted by atomic mass is 16.3. The Morgan fingerprint density at radius 1 is 1.17 bits per heavy atom. The molecule has 9 nitrogen and oxygen atoms in total. The second-order valence-electron chi connectivity index (χ2n) is 6.26. The van der Waals surface area contributed by atoms with Gasteiger partial charge in [-0.3, -0.25) is 14.4 Å². The molecular weight excluding hydrogens is 376 g/mol. The van der Waals surface area contributed by atoms with E-state index >= 15 is 0 Å². The van der Waals surface area contributed by atoms with Gasteiger partial charge in [0.15, 0.2) is 5.76 Å². The van der Waals surface area contributed by atoms with Gasteiger partial charge < -0.3 is 24.5 Å². The lowest BCUT2D eigenvalue weighted by atomic mass is 10.1. The Bertz CT molecular complexity index is 1250. The van der Waals surface area contributed by atoms with E-state index < -0.39 is 11.5 Å². The number of H-pyrrole nitrogens is 1. The fourth-order valence-corrected chi connectivity index (χ4v) is 2.96. The standard InChI is InChI=1S/C20H16N4O5/c1-11-15(16-19(27)22-10-23-20(16)29-11)18(26)21-9-12-4-2-5-13(8-12)24-17(25)14-6-3-7-28-14/h2-8,10H,9H2,1H3,(H,21,26)(H,24,25)(H,22,23,27). The molecule has 0 bridgehead atoms. The largest absolute Gasteiger partial charge is 0.459 e. The number of furan rings is 2. The first-order valence-corrected chi connectivity index (χ1v) is 8.71. The van der Waals surface area contributed by atoms with Gasteiger partial charge in [0, 0.05) is 12.2 Å². The van der Waals surface area contributed by atoms with E-state index in [1.807, 2.05) is 0 Å². The molecule has 0 spiro atoms. The quantitative estimate of drug-likeness (QED) is 0.479. The molecule has 0 fully saturated rings. The van der Waals surface area contributed by atoms with Crippen molar-refractivity contribution in [3.8, 4) is 0 Å². The topological polar surface area (TPSA) is 130 Å². The van der Waals surface area contributed by atoms with E-state index in [1.165, 1.54) is 12.6 Å². The summed E-state index contributed by atoms with van der Waals surface area (Å²) in [5, 5.41) is 5.60. The van der Waals surface area contributed by atoms with E-state index in [1.54, 1.807) is 43.3 Å². The number of carbonyl (C=O) groups is 2. The van der Waals surface area contributed by atoms with Crippen LogP contribution in [0.4, 0.5) is 5.69 Å². The van der Waals surface area contributed by atoms with Gasteiger partial charge in [0.2, 0.25) is 5.71 Å². The fourth-order valence-electron chi connectivity index (χ4n) is 2.96. The predicted octanol–water partition coefficient (Wildman–Crippen LogP) is 2.60. The Labute approximate surface area is 163 Å². The summed E-state index contributed by atoms with van der Waals surface area (Å²) in [4.78, 5) is 43.2. The molecule has 3 heterocycles. The minimum absolute atomic E-state index is 0.110. The summed E-state index contributed by atoms with van der Waals surface area (Å²) >= 11 is 0. The molecule has 29 heavy (non-hydrogen) atoms. The van der Waals surface area contributed by atoms with Crippen molar-refractivity contribution in [2.24, 2.45) is 0 Å². The first-order valence-electron chi connectivity index (χ1n) is 8.71. The smallest absolute Gasteiger partial charge is 0.291 e. The second kappa shape index (κ2) is 7.47. The maximum absolute atomic E-state index is 12.7. The van der Waals surface area contributed by atoms with Crippen LogP contribution in [0.3, 0.4) is 0 Å². The lowest BCUT2D eigenvalue weighted by Crippen LogP contribution is -2.24. The van der Waals surface area contributed by atoms with Crippen molar-refractivity contribution in [2.45, 2.75) is 13.5 Å². The lowest BCUT2D eigenvalue weighted by Gasteiger charge is -2.08. The molecule has 4 aromatic rings. The van der Waals surface area contributed by atoms with Crippen molar-refractivity contribution in [3.63, 3.8) is 0 Å². The van der Waals surface area contributed by atoms with Crippen LogP contribution in [0.1, 0.15) is 32.2 Å². The SMILES string of the molecule is Cc1oc2nc[nH]c(=O)c2c1C(=O)NCc1cccc(NC(=O)c2ccco2)c1. The minimum Gasteiger partial charge on any atom is -0.459 e. The molecule has 0 radical (unpaired) electrons. The number of nitrogens with zero attached hydrogens (tertiary/aromatic N) is 1. The maximum Gasteiger partial charge on any atom is 0.291 e. The number of hydrogen-bond acceptors (Lipinski definition) is 6. The van der Waals surface area contributed by atoms with E-state index in [-0.39, 0.29) is 34.9 Å². The van der Waals surface area contributed by atoms with E-state index in [0.717, 1.165) is 5.56 Å². The van der Waals surface area contributed by atoms with Gasteiger partial charge >= 0.3 is 0 Å². The Kier molecular flexibility index (Phi) is 4.70. The zero-order valence-electron chi connectivity index (χ0n) is 15.3. The Balaban J connectivity index is 1.48. The van der Waals surface area contributed by atoms with Crippen LogP contribution in [0.2, 0.25) is 0 Å². The highest BCUT2D eigenvalue weighted by Crippen LogP contribution is 2.20. The molecule has 9 heteroatoms. The van der Waals surface area contributed by atoms with Crippen molar-refractivity contribution in [2.75, 3.05) is 5.32 Å². The number of rotatable bonds is 5. The third-order valence-corrected chi connectivity index (χ3v) is 4.28. The molecule has 0 aliphatic carbocycles. The third-order valence-electron chi connectivity index (χ3n) is 4.28. The van der Waals surface area contributed by atoms with Crippen LogP contribution in [0.5, 0.6) is 0 Å². The Morgan fingerprint density at radius 2 is 2.03 bits per heavy atom. The molecule has 0 atom stereocenters. The van der Waals surface area contributed by atoms with Gasteiger partial charge in [-0.05, 0) is 36.8 Å². The van der Waals surface area contributed by atoms with Crippen LogP contribution < -0.4 is 16.2 Å². The average molecular weight is 392 g/mol. The lowest BCUT2D eigenvalue weighted by molar-refractivity contribution is 0.0949. The second-order valence-corrected chi connectivity index (χ2v) is 6.26. The van der Waals surface area contributed by atoms with Crippen molar-refractivity contribution in [1.82, 2.24) is 15.3 Å². The molecule has 0 saturated carbocycles. The molecule has 1 aromatic carbocycles.